The van der Waals surface area contributed by atoms with Crippen LogP contribution in [0.2, 0.25) is 0 Å². The van der Waals surface area contributed by atoms with Crippen LogP contribution in [0.3, 0.4) is 0 Å². The van der Waals surface area contributed by atoms with Crippen LogP contribution in [0.5, 0.6) is 17.2 Å². The Morgan fingerprint density at radius 3 is 0.946 bits per heavy atom. The molecule has 0 saturated heterocycles. The zero-order valence-corrected chi connectivity index (χ0v) is 23.3. The first-order valence-corrected chi connectivity index (χ1v) is 11.5. The number of hydrogen-bond acceptors (Lipinski definition) is 6. The molecular weight excluding hydrogens is 520 g/mol. The maximum absolute atomic E-state index is 9.43. The van der Waals surface area contributed by atoms with Crippen LogP contribution in [0.15, 0.2) is 91.4 Å². The second kappa shape index (κ2) is 12.3. The van der Waals surface area contributed by atoms with Crippen LogP contribution in [-0.4, -0.2) is 50.1 Å². The zero-order chi connectivity index (χ0) is 25.7. The van der Waals surface area contributed by atoms with Crippen LogP contribution in [0.4, 0.5) is 0 Å². The number of aromatic nitrogens is 3. The molecule has 3 radical (unpaired) electrons. The molecule has 3 aromatic heterocycles. The molecule has 0 bridgehead atoms. The van der Waals surface area contributed by atoms with Crippen molar-refractivity contribution in [2.24, 2.45) is 0 Å². The minimum atomic E-state index is 0. The summed E-state index contributed by atoms with van der Waals surface area (Å²) in [6.45, 7) is 6.01. The van der Waals surface area contributed by atoms with Crippen molar-refractivity contribution in [2.45, 2.75) is 20.8 Å². The molecule has 183 valence electrons. The van der Waals surface area contributed by atoms with Gasteiger partial charge in [-0.05, 0) is 73.9 Å². The summed E-state index contributed by atoms with van der Waals surface area (Å²) in [6.07, 6.45) is 5.05. The number of phenolic OH excluding ortho intramolecular Hbond substituents is 3. The molecule has 0 spiro atoms. The number of phenols is 3. The molecule has 7 heteroatoms. The third kappa shape index (κ3) is 6.20. The van der Waals surface area contributed by atoms with E-state index in [-0.39, 0.29) is 37.0 Å². The van der Waals surface area contributed by atoms with Gasteiger partial charge in [-0.1, -0.05) is 36.4 Å². The monoisotopic (exact) mass is 546 g/mol. The van der Waals surface area contributed by atoms with Crippen LogP contribution in [0.25, 0.3) is 32.7 Å². The Hall–Kier alpha value is -4.07. The number of nitrogens with zero attached hydrogens (tertiary/aromatic N) is 3. The van der Waals surface area contributed by atoms with Gasteiger partial charge in [0.05, 0.1) is 0 Å². The molecule has 0 aliphatic carbocycles. The fourth-order valence-electron chi connectivity index (χ4n) is 3.90. The van der Waals surface area contributed by atoms with E-state index in [4.69, 9.17) is 0 Å². The summed E-state index contributed by atoms with van der Waals surface area (Å²) in [5.74, 6) is 0.739. The first-order valence-electron chi connectivity index (χ1n) is 11.5. The minimum absolute atomic E-state index is 0. The molecule has 0 aliphatic heterocycles. The van der Waals surface area contributed by atoms with Gasteiger partial charge in [-0.25, -0.2) is 0 Å². The smallest absolute Gasteiger partial charge is 0.141 e. The van der Waals surface area contributed by atoms with Crippen molar-refractivity contribution < 1.29 is 15.3 Å². The van der Waals surface area contributed by atoms with Crippen molar-refractivity contribution in [2.75, 3.05) is 0 Å². The SMILES string of the molecule is Cc1ccc(O)c2ncccc12.Cc1ccc(O)c2ncccc12.Cc1ccc(O)c2ncccc12.[Ga]. The van der Waals surface area contributed by atoms with Gasteiger partial charge in [0.1, 0.15) is 33.8 Å². The molecule has 0 saturated carbocycles. The van der Waals surface area contributed by atoms with Crippen molar-refractivity contribution in [3.63, 3.8) is 0 Å². The van der Waals surface area contributed by atoms with E-state index in [9.17, 15) is 15.3 Å². The molecule has 0 aliphatic rings. The van der Waals surface area contributed by atoms with Crippen molar-refractivity contribution in [1.82, 2.24) is 15.0 Å². The predicted molar refractivity (Wildman–Crippen MR) is 150 cm³/mol. The average molecular weight is 547 g/mol. The largest absolute Gasteiger partial charge is 0.506 e. The number of fused-ring (bicyclic) bond motifs is 3. The maximum Gasteiger partial charge on any atom is 0.141 e. The van der Waals surface area contributed by atoms with E-state index in [1.54, 1.807) is 36.8 Å². The summed E-state index contributed by atoms with van der Waals surface area (Å²) in [5.41, 5.74) is 5.44. The summed E-state index contributed by atoms with van der Waals surface area (Å²) in [4.78, 5) is 12.3. The Balaban J connectivity index is 0.000000152. The molecule has 6 nitrogen and oxygen atoms in total. The third-order valence-electron chi connectivity index (χ3n) is 5.90. The first-order chi connectivity index (χ1) is 17.4. The number of hydrogen-bond donors (Lipinski definition) is 3. The summed E-state index contributed by atoms with van der Waals surface area (Å²) >= 11 is 0. The van der Waals surface area contributed by atoms with Crippen LogP contribution in [0.1, 0.15) is 16.7 Å². The molecular formula is C30H27GaN3O3. The Bertz CT molecular complexity index is 1350. The van der Waals surface area contributed by atoms with Crippen LogP contribution >= 0.6 is 0 Å². The molecule has 37 heavy (non-hydrogen) atoms. The summed E-state index contributed by atoms with van der Waals surface area (Å²) in [5, 5.41) is 31.3. The maximum atomic E-state index is 9.43. The van der Waals surface area contributed by atoms with Gasteiger partial charge in [-0.15, -0.1) is 0 Å². The van der Waals surface area contributed by atoms with E-state index in [1.165, 1.54) is 0 Å². The fourth-order valence-corrected chi connectivity index (χ4v) is 3.90. The quantitative estimate of drug-likeness (QED) is 0.191. The number of aromatic hydroxyl groups is 3. The molecule has 3 aromatic carbocycles. The molecule has 0 atom stereocenters. The average Bonchev–Trinajstić information content (AvgIpc) is 2.92. The van der Waals surface area contributed by atoms with Crippen LogP contribution in [0, 0.1) is 20.8 Å². The van der Waals surface area contributed by atoms with Crippen molar-refractivity contribution in [3.8, 4) is 17.2 Å². The van der Waals surface area contributed by atoms with Crippen LogP contribution in [-0.2, 0) is 0 Å². The van der Waals surface area contributed by atoms with Gasteiger partial charge in [-0.2, -0.15) is 0 Å². The number of benzene rings is 3. The second-order valence-electron chi connectivity index (χ2n) is 8.40. The second-order valence-corrected chi connectivity index (χ2v) is 8.40. The first kappa shape index (κ1) is 27.5. The fraction of sp³-hybridized carbons (Fsp3) is 0.100. The number of pyridine rings is 3. The Morgan fingerprint density at radius 2 is 0.703 bits per heavy atom. The standard InChI is InChI=1S/3C10H9NO.Ga/c3*1-7-4-5-9(12)10-8(7)3-2-6-11-10;/h3*2-6,12H,1H3;. The minimum Gasteiger partial charge on any atom is -0.506 e. The molecule has 6 rings (SSSR count). The predicted octanol–water partition coefficient (Wildman–Crippen LogP) is 6.37. The van der Waals surface area contributed by atoms with Gasteiger partial charge in [0, 0.05) is 54.5 Å². The van der Waals surface area contributed by atoms with Gasteiger partial charge >= 0.3 is 0 Å². The van der Waals surface area contributed by atoms with Crippen LogP contribution < -0.4 is 0 Å². The van der Waals surface area contributed by atoms with Gasteiger partial charge in [0.2, 0.25) is 0 Å². The molecule has 0 amide bonds. The van der Waals surface area contributed by atoms with Crippen molar-refractivity contribution >= 4 is 52.5 Å². The molecule has 0 fully saturated rings. The van der Waals surface area contributed by atoms with E-state index in [1.807, 2.05) is 75.4 Å². The van der Waals surface area contributed by atoms with Crippen molar-refractivity contribution in [3.05, 3.63) is 108 Å². The number of rotatable bonds is 0. The van der Waals surface area contributed by atoms with Gasteiger partial charge in [0.15, 0.2) is 0 Å². The van der Waals surface area contributed by atoms with E-state index in [0.29, 0.717) is 16.6 Å². The summed E-state index contributed by atoms with van der Waals surface area (Å²) in [6, 6.07) is 22.2. The molecule has 3 N–H and O–H groups in total. The van der Waals surface area contributed by atoms with Crippen molar-refractivity contribution in [1.29, 1.82) is 0 Å². The molecule has 3 heterocycles. The Labute approximate surface area is 228 Å². The Morgan fingerprint density at radius 1 is 0.432 bits per heavy atom. The van der Waals surface area contributed by atoms with E-state index < -0.39 is 0 Å². The van der Waals surface area contributed by atoms with Gasteiger partial charge < -0.3 is 15.3 Å². The number of aryl methyl sites for hydroxylation is 3. The normalized spacial score (nSPS) is 10.1. The van der Waals surface area contributed by atoms with E-state index >= 15 is 0 Å². The third-order valence-corrected chi connectivity index (χ3v) is 5.90. The van der Waals surface area contributed by atoms with Gasteiger partial charge in [0.25, 0.3) is 0 Å². The Kier molecular flexibility index (Phi) is 9.11. The topological polar surface area (TPSA) is 99.4 Å². The van der Waals surface area contributed by atoms with E-state index in [2.05, 4.69) is 15.0 Å². The summed E-state index contributed by atoms with van der Waals surface area (Å²) in [7, 11) is 0. The molecule has 6 aromatic rings. The molecule has 0 unspecified atom stereocenters. The van der Waals surface area contributed by atoms with E-state index in [0.717, 1.165) is 32.8 Å². The van der Waals surface area contributed by atoms with Gasteiger partial charge in [-0.3, -0.25) is 15.0 Å². The summed E-state index contributed by atoms with van der Waals surface area (Å²) < 4.78 is 0. The zero-order valence-electron chi connectivity index (χ0n) is 20.9.